The van der Waals surface area contributed by atoms with E-state index in [4.69, 9.17) is 14.3 Å². The molecule has 0 spiro atoms. The number of hydrogen-bond acceptors (Lipinski definition) is 8. The highest BCUT2D eigenvalue weighted by Crippen LogP contribution is 2.24. The second kappa shape index (κ2) is 25.2. The molecule has 2 saturated heterocycles. The maximum absolute atomic E-state index is 10.1. The Morgan fingerprint density at radius 2 is 1.50 bits per heavy atom. The van der Waals surface area contributed by atoms with Crippen molar-refractivity contribution in [2.24, 2.45) is 0 Å². The first kappa shape index (κ1) is 37.2. The Morgan fingerprint density at radius 3 is 2.05 bits per heavy atom. The van der Waals surface area contributed by atoms with Crippen LogP contribution in [0.25, 0.3) is 0 Å². The van der Waals surface area contributed by atoms with Crippen molar-refractivity contribution in [1.29, 1.82) is 0 Å². The Bertz CT molecular complexity index is 527. The summed E-state index contributed by atoms with van der Waals surface area (Å²) in [7, 11) is 1.56. The van der Waals surface area contributed by atoms with Gasteiger partial charge in [-0.25, -0.2) is 0 Å². The van der Waals surface area contributed by atoms with E-state index in [2.05, 4.69) is 31.0 Å². The number of rotatable bonds is 16. The fourth-order valence-corrected chi connectivity index (χ4v) is 4.63. The van der Waals surface area contributed by atoms with Gasteiger partial charge in [-0.2, -0.15) is 0 Å². The monoisotopic (exact) mass is 548 g/mol. The summed E-state index contributed by atoms with van der Waals surface area (Å²) < 4.78 is 11.5. The van der Waals surface area contributed by atoms with Crippen molar-refractivity contribution < 1.29 is 34.7 Å². The number of ether oxygens (including phenoxy) is 2. The van der Waals surface area contributed by atoms with Crippen molar-refractivity contribution in [3.8, 4) is 0 Å². The molecule has 0 radical (unpaired) electrons. The summed E-state index contributed by atoms with van der Waals surface area (Å²) in [6.45, 7) is 10.1. The molecule has 0 aromatic rings. The summed E-state index contributed by atoms with van der Waals surface area (Å²) in [4.78, 5) is 11.6. The van der Waals surface area contributed by atoms with Gasteiger partial charge in [0.2, 0.25) is 6.41 Å². The highest BCUT2D eigenvalue weighted by molar-refractivity contribution is 5.44. The number of nitrogens with zero attached hydrogens (tertiary/aromatic N) is 1. The van der Waals surface area contributed by atoms with Gasteiger partial charge < -0.3 is 40.1 Å². The van der Waals surface area contributed by atoms with E-state index in [1.54, 1.807) is 7.05 Å². The van der Waals surface area contributed by atoms with Crippen LogP contribution in [0.5, 0.6) is 0 Å². The van der Waals surface area contributed by atoms with E-state index in [1.165, 1.54) is 38.5 Å². The smallest absolute Gasteiger partial charge is 0.206 e. The largest absolute Gasteiger partial charge is 0.394 e. The molecule has 228 valence electrons. The zero-order valence-electron chi connectivity index (χ0n) is 24.7. The number of unbranched alkanes of at least 4 members (excludes halogenated alkanes) is 4. The maximum Gasteiger partial charge on any atom is 0.206 e. The van der Waals surface area contributed by atoms with E-state index in [1.807, 2.05) is 0 Å². The molecule has 2 aliphatic rings. The van der Waals surface area contributed by atoms with Gasteiger partial charge in [-0.05, 0) is 64.6 Å². The quantitative estimate of drug-likeness (QED) is 0.147. The molecule has 9 heteroatoms. The van der Waals surface area contributed by atoms with Crippen molar-refractivity contribution >= 4 is 6.41 Å². The normalized spacial score (nSPS) is 27.1. The number of hydrogen-bond donors (Lipinski definition) is 5. The van der Waals surface area contributed by atoms with Gasteiger partial charge in [-0.3, -0.25) is 4.79 Å². The van der Waals surface area contributed by atoms with Crippen molar-refractivity contribution in [2.45, 2.75) is 141 Å². The average Bonchev–Trinajstić information content (AvgIpc) is 2.93. The van der Waals surface area contributed by atoms with Crippen LogP contribution < -0.4 is 5.32 Å². The van der Waals surface area contributed by atoms with Crippen LogP contribution in [0.4, 0.5) is 0 Å². The van der Waals surface area contributed by atoms with Gasteiger partial charge in [0.1, 0.15) is 12.2 Å². The van der Waals surface area contributed by atoms with Crippen molar-refractivity contribution in [1.82, 2.24) is 10.2 Å². The van der Waals surface area contributed by atoms with Crippen LogP contribution in [0.15, 0.2) is 0 Å². The highest BCUT2D eigenvalue weighted by atomic mass is 16.5. The molecule has 2 aliphatic heterocycles. The molecule has 2 fully saturated rings. The zero-order valence-corrected chi connectivity index (χ0v) is 24.7. The molecule has 2 heterocycles. The maximum atomic E-state index is 10.1. The van der Waals surface area contributed by atoms with Crippen LogP contribution in [0, 0.1) is 0 Å². The molecule has 6 atom stereocenters. The van der Waals surface area contributed by atoms with Gasteiger partial charge in [-0.1, -0.05) is 52.9 Å². The van der Waals surface area contributed by atoms with Crippen molar-refractivity contribution in [3.05, 3.63) is 0 Å². The second-order valence-electron chi connectivity index (χ2n) is 10.5. The standard InChI is InChI=1S/C23H45NO6.C4H10.C2H5NO/c1-2-3-4-5-12-24(14-7-11-21-19(26)10-8-15-29-21)13-6-9-18-16-20(27)23(28)22(17-25)30-18;1-3-4-2;1-3-2-4/h18-23,25-28H,2-17H2,1H3;3-4H2,1-2H3;2H,1H3,(H,3,4)/t18-,19?,20?,21?,22?,23+;;/m1../s1. The number of aliphatic hydroxyl groups excluding tert-OH is 4. The van der Waals surface area contributed by atoms with E-state index in [9.17, 15) is 20.4 Å². The topological polar surface area (TPSA) is 132 Å². The van der Waals surface area contributed by atoms with Crippen LogP contribution in [0.1, 0.15) is 104 Å². The molecule has 0 bridgehead atoms. The highest BCUT2D eigenvalue weighted by Gasteiger charge is 2.35. The number of carbonyl (C=O) groups is 1. The van der Waals surface area contributed by atoms with Crippen LogP contribution >= 0.6 is 0 Å². The molecule has 0 aromatic heterocycles. The third-order valence-electron chi connectivity index (χ3n) is 7.14. The minimum atomic E-state index is -1.00. The van der Waals surface area contributed by atoms with Crippen LogP contribution in [-0.2, 0) is 14.3 Å². The van der Waals surface area contributed by atoms with Gasteiger partial charge >= 0.3 is 0 Å². The molecule has 0 aliphatic carbocycles. The number of amides is 1. The Balaban J connectivity index is 0.00000150. The van der Waals surface area contributed by atoms with Crippen molar-refractivity contribution in [2.75, 3.05) is 39.9 Å². The van der Waals surface area contributed by atoms with Gasteiger partial charge in [0.15, 0.2) is 0 Å². The lowest BCUT2D eigenvalue weighted by Crippen LogP contribution is -2.49. The van der Waals surface area contributed by atoms with Gasteiger partial charge in [-0.15, -0.1) is 0 Å². The predicted octanol–water partition coefficient (Wildman–Crippen LogP) is 3.01. The van der Waals surface area contributed by atoms with E-state index in [0.717, 1.165) is 64.8 Å². The van der Waals surface area contributed by atoms with Crippen LogP contribution in [-0.4, -0.2) is 108 Å². The van der Waals surface area contributed by atoms with Crippen LogP contribution in [0.3, 0.4) is 0 Å². The SMILES string of the molecule is CCCC.CCCCCCN(CCCC1OCCCC1O)CCC[C@@H]1CC(O)[C@H](O)C(CO)O1.CNC=O. The third kappa shape index (κ3) is 17.7. The second-order valence-corrected chi connectivity index (χ2v) is 10.5. The minimum absolute atomic E-state index is 0.0142. The first-order chi connectivity index (χ1) is 18.4. The fourth-order valence-electron chi connectivity index (χ4n) is 4.63. The summed E-state index contributed by atoms with van der Waals surface area (Å²) in [5.74, 6) is 0. The van der Waals surface area contributed by atoms with Crippen LogP contribution in [0.2, 0.25) is 0 Å². The Kier molecular flexibility index (Phi) is 24.6. The summed E-state index contributed by atoms with van der Waals surface area (Å²) in [6.07, 6.45) is 11.2. The van der Waals surface area contributed by atoms with Gasteiger partial charge in [0.05, 0.1) is 31.0 Å². The molecule has 38 heavy (non-hydrogen) atoms. The molecular formula is C29H60N2O7. The average molecular weight is 549 g/mol. The van der Waals surface area contributed by atoms with E-state index < -0.39 is 18.3 Å². The van der Waals surface area contributed by atoms with Gasteiger partial charge in [0, 0.05) is 20.1 Å². The number of nitrogens with one attached hydrogen (secondary N) is 1. The zero-order chi connectivity index (χ0) is 28.6. The van der Waals surface area contributed by atoms with Gasteiger partial charge in [0.25, 0.3) is 0 Å². The molecule has 5 N–H and O–H groups in total. The molecule has 4 unspecified atom stereocenters. The molecule has 0 saturated carbocycles. The van der Waals surface area contributed by atoms with E-state index in [0.29, 0.717) is 12.8 Å². The van der Waals surface area contributed by atoms with E-state index in [-0.39, 0.29) is 24.9 Å². The fraction of sp³-hybridized carbons (Fsp3) is 0.966. The number of aliphatic hydroxyl groups is 4. The summed E-state index contributed by atoms with van der Waals surface area (Å²) in [6, 6.07) is 0. The molecular weight excluding hydrogens is 488 g/mol. The Labute approximate surface area is 232 Å². The summed E-state index contributed by atoms with van der Waals surface area (Å²) in [5, 5.41) is 41.5. The molecule has 0 aromatic carbocycles. The van der Waals surface area contributed by atoms with Crippen molar-refractivity contribution in [3.63, 3.8) is 0 Å². The molecule has 1 amide bonds. The summed E-state index contributed by atoms with van der Waals surface area (Å²) in [5.41, 5.74) is 0. The molecule has 2 rings (SSSR count). The van der Waals surface area contributed by atoms with E-state index >= 15 is 0 Å². The lowest BCUT2D eigenvalue weighted by Gasteiger charge is -2.36. The summed E-state index contributed by atoms with van der Waals surface area (Å²) >= 11 is 0. The predicted molar refractivity (Wildman–Crippen MR) is 152 cm³/mol. The molecule has 9 nitrogen and oxygen atoms in total. The first-order valence-electron chi connectivity index (χ1n) is 15.1. The lowest BCUT2D eigenvalue weighted by molar-refractivity contribution is -0.181. The lowest BCUT2D eigenvalue weighted by atomic mass is 9.95. The number of carbonyl (C=O) groups excluding carboxylic acids is 1. The Hall–Kier alpha value is -0.810. The third-order valence-corrected chi connectivity index (χ3v) is 7.14. The Morgan fingerprint density at radius 1 is 0.868 bits per heavy atom. The first-order valence-corrected chi connectivity index (χ1v) is 15.1. The minimum Gasteiger partial charge on any atom is -0.394 e.